The first-order chi connectivity index (χ1) is 6.20. The summed E-state index contributed by atoms with van der Waals surface area (Å²) in [6, 6.07) is 0. The molecule has 1 rings (SSSR count). The summed E-state index contributed by atoms with van der Waals surface area (Å²) < 4.78 is 0. The van der Waals surface area contributed by atoms with Gasteiger partial charge >= 0.3 is 0 Å². The zero-order chi connectivity index (χ0) is 9.73. The van der Waals surface area contributed by atoms with Gasteiger partial charge in [-0.3, -0.25) is 0 Å². The summed E-state index contributed by atoms with van der Waals surface area (Å²) in [5.41, 5.74) is -0.355. The molecule has 0 aromatic heterocycles. The van der Waals surface area contributed by atoms with Crippen molar-refractivity contribution >= 4 is 0 Å². The molecule has 0 radical (unpaired) electrons. The van der Waals surface area contributed by atoms with E-state index in [9.17, 15) is 5.11 Å². The van der Waals surface area contributed by atoms with Crippen molar-refractivity contribution in [2.75, 3.05) is 13.1 Å². The minimum Gasteiger partial charge on any atom is -0.389 e. The van der Waals surface area contributed by atoms with E-state index in [2.05, 4.69) is 19.2 Å². The third-order valence-corrected chi connectivity index (χ3v) is 3.33. The van der Waals surface area contributed by atoms with Gasteiger partial charge in [-0.2, -0.15) is 0 Å². The van der Waals surface area contributed by atoms with Gasteiger partial charge in [0.25, 0.3) is 0 Å². The molecule has 0 atom stereocenters. The van der Waals surface area contributed by atoms with Crippen LogP contribution in [0.15, 0.2) is 0 Å². The molecule has 0 amide bonds. The summed E-state index contributed by atoms with van der Waals surface area (Å²) in [7, 11) is 0. The fourth-order valence-electron chi connectivity index (χ4n) is 1.85. The van der Waals surface area contributed by atoms with Crippen LogP contribution in [0.3, 0.4) is 0 Å². The van der Waals surface area contributed by atoms with Gasteiger partial charge < -0.3 is 10.4 Å². The van der Waals surface area contributed by atoms with E-state index < -0.39 is 0 Å². The maximum atomic E-state index is 9.81. The van der Waals surface area contributed by atoms with Crippen LogP contribution in [-0.4, -0.2) is 23.8 Å². The van der Waals surface area contributed by atoms with Crippen molar-refractivity contribution < 1.29 is 5.11 Å². The predicted octanol–water partition coefficient (Wildman–Crippen LogP) is 1.93. The molecule has 1 aliphatic rings. The van der Waals surface area contributed by atoms with Crippen LogP contribution in [0.5, 0.6) is 0 Å². The summed E-state index contributed by atoms with van der Waals surface area (Å²) in [6.45, 7) is 6.32. The first-order valence-electron chi connectivity index (χ1n) is 5.63. The van der Waals surface area contributed by atoms with E-state index in [-0.39, 0.29) is 5.60 Å². The third-order valence-electron chi connectivity index (χ3n) is 3.33. The van der Waals surface area contributed by atoms with Gasteiger partial charge in [0.1, 0.15) is 0 Å². The Kier molecular flexibility index (Phi) is 4.20. The molecule has 2 heteroatoms. The second-order valence-electron chi connectivity index (χ2n) is 4.39. The summed E-state index contributed by atoms with van der Waals surface area (Å²) in [5.74, 6) is 0.781. The Morgan fingerprint density at radius 2 is 1.92 bits per heavy atom. The molecule has 1 fully saturated rings. The van der Waals surface area contributed by atoms with Gasteiger partial charge in [0.2, 0.25) is 0 Å². The van der Waals surface area contributed by atoms with E-state index in [1.54, 1.807) is 0 Å². The predicted molar refractivity (Wildman–Crippen MR) is 55.7 cm³/mol. The van der Waals surface area contributed by atoms with Crippen LogP contribution in [0.1, 0.15) is 46.0 Å². The molecule has 2 nitrogen and oxygen atoms in total. The van der Waals surface area contributed by atoms with Crippen molar-refractivity contribution in [2.24, 2.45) is 5.92 Å². The Hall–Kier alpha value is -0.0800. The molecule has 78 valence electrons. The Bertz CT molecular complexity index is 139. The van der Waals surface area contributed by atoms with Crippen molar-refractivity contribution in [3.05, 3.63) is 0 Å². The largest absolute Gasteiger partial charge is 0.389 e. The molecule has 0 heterocycles. The Balaban J connectivity index is 2.05. The summed E-state index contributed by atoms with van der Waals surface area (Å²) >= 11 is 0. The van der Waals surface area contributed by atoms with Gasteiger partial charge in [0, 0.05) is 6.54 Å². The summed E-state index contributed by atoms with van der Waals surface area (Å²) in [4.78, 5) is 0. The van der Waals surface area contributed by atoms with Crippen LogP contribution >= 0.6 is 0 Å². The molecule has 0 bridgehead atoms. The molecule has 1 aliphatic carbocycles. The molecular formula is C11H23NO. The second-order valence-corrected chi connectivity index (χ2v) is 4.39. The van der Waals surface area contributed by atoms with Crippen molar-refractivity contribution in [2.45, 2.75) is 51.6 Å². The molecular weight excluding hydrogens is 162 g/mol. The van der Waals surface area contributed by atoms with E-state index in [4.69, 9.17) is 0 Å². The second kappa shape index (κ2) is 4.97. The van der Waals surface area contributed by atoms with Crippen LogP contribution in [0.2, 0.25) is 0 Å². The normalized spacial score (nSPS) is 20.3. The van der Waals surface area contributed by atoms with Crippen molar-refractivity contribution in [1.29, 1.82) is 0 Å². The zero-order valence-corrected chi connectivity index (χ0v) is 8.97. The van der Waals surface area contributed by atoms with Crippen molar-refractivity contribution in [3.8, 4) is 0 Å². The lowest BCUT2D eigenvalue weighted by atomic mass is 9.80. The van der Waals surface area contributed by atoms with Gasteiger partial charge in [0.05, 0.1) is 5.60 Å². The summed E-state index contributed by atoms with van der Waals surface area (Å²) in [5, 5.41) is 13.2. The highest BCUT2D eigenvalue weighted by Gasteiger charge is 2.33. The molecule has 0 unspecified atom stereocenters. The highest BCUT2D eigenvalue weighted by molar-refractivity contribution is 4.89. The van der Waals surface area contributed by atoms with Crippen LogP contribution < -0.4 is 5.32 Å². The SMILES string of the molecule is CCC(CC)CNCC1(O)CCC1. The maximum absolute atomic E-state index is 9.81. The maximum Gasteiger partial charge on any atom is 0.0771 e. The Labute approximate surface area is 81.7 Å². The van der Waals surface area contributed by atoms with Gasteiger partial charge in [-0.25, -0.2) is 0 Å². The lowest BCUT2D eigenvalue weighted by molar-refractivity contribution is -0.0317. The summed E-state index contributed by atoms with van der Waals surface area (Å²) in [6.07, 6.45) is 5.65. The topological polar surface area (TPSA) is 32.3 Å². The van der Waals surface area contributed by atoms with Crippen LogP contribution in [0.25, 0.3) is 0 Å². The van der Waals surface area contributed by atoms with Gasteiger partial charge in [-0.15, -0.1) is 0 Å². The Morgan fingerprint density at radius 3 is 2.31 bits per heavy atom. The quantitative estimate of drug-likeness (QED) is 0.662. The third kappa shape index (κ3) is 3.28. The molecule has 2 N–H and O–H groups in total. The van der Waals surface area contributed by atoms with Crippen molar-refractivity contribution in [1.82, 2.24) is 5.32 Å². The highest BCUT2D eigenvalue weighted by atomic mass is 16.3. The molecule has 13 heavy (non-hydrogen) atoms. The average molecular weight is 185 g/mol. The molecule has 1 saturated carbocycles. The molecule has 0 aromatic rings. The highest BCUT2D eigenvalue weighted by Crippen LogP contribution is 2.30. The van der Waals surface area contributed by atoms with E-state index in [1.807, 2.05) is 0 Å². The number of nitrogens with one attached hydrogen (secondary N) is 1. The zero-order valence-electron chi connectivity index (χ0n) is 8.97. The van der Waals surface area contributed by atoms with E-state index >= 15 is 0 Å². The van der Waals surface area contributed by atoms with Crippen molar-refractivity contribution in [3.63, 3.8) is 0 Å². The van der Waals surface area contributed by atoms with Crippen LogP contribution in [0, 0.1) is 5.92 Å². The lowest BCUT2D eigenvalue weighted by Crippen LogP contribution is -2.47. The molecule has 0 aromatic carbocycles. The first kappa shape index (κ1) is 11.0. The van der Waals surface area contributed by atoms with Gasteiger partial charge in [0.15, 0.2) is 0 Å². The first-order valence-corrected chi connectivity index (χ1v) is 5.63. The lowest BCUT2D eigenvalue weighted by Gasteiger charge is -2.37. The number of hydrogen-bond acceptors (Lipinski definition) is 2. The average Bonchev–Trinajstić information content (AvgIpc) is 2.10. The minimum absolute atomic E-state index is 0.355. The molecule has 0 aliphatic heterocycles. The monoisotopic (exact) mass is 185 g/mol. The van der Waals surface area contributed by atoms with Gasteiger partial charge in [-0.05, 0) is 31.7 Å². The van der Waals surface area contributed by atoms with Crippen LogP contribution in [0.4, 0.5) is 0 Å². The minimum atomic E-state index is -0.355. The number of aliphatic hydroxyl groups is 1. The standard InChI is InChI=1S/C11H23NO/c1-3-10(4-2)8-12-9-11(13)6-5-7-11/h10,12-13H,3-9H2,1-2H3. The fourth-order valence-corrected chi connectivity index (χ4v) is 1.85. The Morgan fingerprint density at radius 1 is 1.31 bits per heavy atom. The van der Waals surface area contributed by atoms with E-state index in [1.165, 1.54) is 19.3 Å². The molecule has 0 saturated heterocycles. The molecule has 0 spiro atoms. The van der Waals surface area contributed by atoms with Crippen LogP contribution in [-0.2, 0) is 0 Å². The van der Waals surface area contributed by atoms with E-state index in [0.29, 0.717) is 0 Å². The fraction of sp³-hybridized carbons (Fsp3) is 1.00. The smallest absolute Gasteiger partial charge is 0.0771 e. The number of rotatable bonds is 6. The van der Waals surface area contributed by atoms with Gasteiger partial charge in [-0.1, -0.05) is 26.7 Å². The van der Waals surface area contributed by atoms with E-state index in [0.717, 1.165) is 31.8 Å². The number of hydrogen-bond donors (Lipinski definition) is 2.